The molecule has 134 valence electrons. The fourth-order valence-corrected chi connectivity index (χ4v) is 3.28. The molecule has 0 amide bonds. The van der Waals surface area contributed by atoms with Gasteiger partial charge in [-0.25, -0.2) is 19.9 Å². The molecule has 26 heavy (non-hydrogen) atoms. The average Bonchev–Trinajstić information content (AvgIpc) is 2.72. The van der Waals surface area contributed by atoms with Crippen molar-refractivity contribution in [2.45, 2.75) is 6.42 Å². The molecule has 1 aliphatic heterocycles. The number of piperazine rings is 1. The third-order valence-corrected chi connectivity index (χ3v) is 4.69. The molecule has 1 fully saturated rings. The first-order valence-corrected chi connectivity index (χ1v) is 9.08. The number of nitrogens with one attached hydrogen (secondary N) is 1. The molecule has 0 radical (unpaired) electrons. The maximum absolute atomic E-state index is 4.38. The zero-order valence-electron chi connectivity index (χ0n) is 14.8. The summed E-state index contributed by atoms with van der Waals surface area (Å²) in [4.78, 5) is 22.1. The zero-order valence-corrected chi connectivity index (χ0v) is 14.8. The molecule has 1 N–H and O–H groups in total. The van der Waals surface area contributed by atoms with Crippen LogP contribution in [-0.4, -0.2) is 64.1 Å². The summed E-state index contributed by atoms with van der Waals surface area (Å²) >= 11 is 0. The Bertz CT molecular complexity index is 826. The van der Waals surface area contributed by atoms with Crippen LogP contribution in [0.4, 0.5) is 11.8 Å². The van der Waals surface area contributed by atoms with Crippen molar-refractivity contribution in [3.63, 3.8) is 0 Å². The van der Waals surface area contributed by atoms with Crippen LogP contribution in [0, 0.1) is 0 Å². The summed E-state index contributed by atoms with van der Waals surface area (Å²) in [6.45, 7) is 6.05. The van der Waals surface area contributed by atoms with Gasteiger partial charge in [-0.3, -0.25) is 4.90 Å². The van der Waals surface area contributed by atoms with Gasteiger partial charge in [0, 0.05) is 50.5 Å². The molecular weight excluding hydrogens is 326 g/mol. The Kier molecular flexibility index (Phi) is 5.16. The Hall–Kier alpha value is -2.80. The molecule has 0 bridgehead atoms. The van der Waals surface area contributed by atoms with Crippen LogP contribution in [-0.2, 0) is 0 Å². The second-order valence-electron chi connectivity index (χ2n) is 6.40. The van der Waals surface area contributed by atoms with Gasteiger partial charge in [-0.2, -0.15) is 0 Å². The van der Waals surface area contributed by atoms with Crippen LogP contribution in [0.5, 0.6) is 0 Å². The molecule has 1 aliphatic rings. The van der Waals surface area contributed by atoms with E-state index >= 15 is 0 Å². The van der Waals surface area contributed by atoms with Crippen molar-refractivity contribution in [2.24, 2.45) is 0 Å². The van der Waals surface area contributed by atoms with Crippen molar-refractivity contribution < 1.29 is 0 Å². The molecule has 0 atom stereocenters. The number of hydrogen-bond acceptors (Lipinski definition) is 7. The fourth-order valence-electron chi connectivity index (χ4n) is 3.28. The molecule has 1 aromatic carbocycles. The van der Waals surface area contributed by atoms with Gasteiger partial charge in [0.15, 0.2) is 0 Å². The number of benzene rings is 1. The predicted molar refractivity (Wildman–Crippen MR) is 103 cm³/mol. The molecule has 7 heteroatoms. The molecule has 3 aromatic rings. The highest BCUT2D eigenvalue weighted by Gasteiger charge is 2.18. The highest BCUT2D eigenvalue weighted by molar-refractivity contribution is 5.88. The summed E-state index contributed by atoms with van der Waals surface area (Å²) in [6, 6.07) is 9.94. The summed E-state index contributed by atoms with van der Waals surface area (Å²) in [6.07, 6.45) is 6.31. The Morgan fingerprint density at radius 1 is 0.885 bits per heavy atom. The molecule has 0 aliphatic carbocycles. The third-order valence-electron chi connectivity index (χ3n) is 4.69. The highest BCUT2D eigenvalue weighted by Crippen LogP contribution is 2.18. The molecule has 1 saturated heterocycles. The van der Waals surface area contributed by atoms with Crippen LogP contribution in [0.3, 0.4) is 0 Å². The topological polar surface area (TPSA) is 70.1 Å². The van der Waals surface area contributed by atoms with Crippen LogP contribution in [0.2, 0.25) is 0 Å². The van der Waals surface area contributed by atoms with E-state index in [1.165, 1.54) is 0 Å². The van der Waals surface area contributed by atoms with Crippen molar-refractivity contribution in [2.75, 3.05) is 49.5 Å². The number of para-hydroxylation sites is 1. The van der Waals surface area contributed by atoms with Gasteiger partial charge in [0.2, 0.25) is 5.95 Å². The minimum Gasteiger partial charge on any atom is -0.369 e. The largest absolute Gasteiger partial charge is 0.369 e. The summed E-state index contributed by atoms with van der Waals surface area (Å²) in [5.74, 6) is 1.76. The monoisotopic (exact) mass is 349 g/mol. The van der Waals surface area contributed by atoms with Crippen LogP contribution in [0.1, 0.15) is 6.42 Å². The van der Waals surface area contributed by atoms with Crippen LogP contribution < -0.4 is 10.2 Å². The van der Waals surface area contributed by atoms with Crippen molar-refractivity contribution in [3.05, 3.63) is 49.1 Å². The number of anilines is 2. The second kappa shape index (κ2) is 8.05. The van der Waals surface area contributed by atoms with Crippen LogP contribution in [0.25, 0.3) is 10.9 Å². The van der Waals surface area contributed by atoms with Crippen LogP contribution in [0.15, 0.2) is 49.1 Å². The van der Waals surface area contributed by atoms with E-state index in [9.17, 15) is 0 Å². The van der Waals surface area contributed by atoms with Crippen molar-refractivity contribution >= 4 is 22.7 Å². The highest BCUT2D eigenvalue weighted by atomic mass is 15.3. The lowest BCUT2D eigenvalue weighted by Crippen LogP contribution is -2.47. The Morgan fingerprint density at radius 2 is 1.69 bits per heavy atom. The van der Waals surface area contributed by atoms with Gasteiger partial charge in [-0.15, -0.1) is 0 Å². The summed E-state index contributed by atoms with van der Waals surface area (Å²) in [5, 5.41) is 4.53. The maximum Gasteiger partial charge on any atom is 0.225 e. The molecule has 4 rings (SSSR count). The van der Waals surface area contributed by atoms with Gasteiger partial charge < -0.3 is 10.2 Å². The predicted octanol–water partition coefficient (Wildman–Crippen LogP) is 2.04. The van der Waals surface area contributed by atoms with E-state index in [4.69, 9.17) is 0 Å². The summed E-state index contributed by atoms with van der Waals surface area (Å²) in [7, 11) is 0. The molecule has 2 aromatic heterocycles. The first kappa shape index (κ1) is 16.7. The molecule has 7 nitrogen and oxygen atoms in total. The number of aromatic nitrogens is 4. The summed E-state index contributed by atoms with van der Waals surface area (Å²) in [5.41, 5.74) is 0.976. The molecule has 0 spiro atoms. The number of hydrogen-bond donors (Lipinski definition) is 1. The SMILES string of the molecule is c1cnc(N2CCN(CCCNc3ncnc4ccccc34)CC2)nc1. The standard InChI is InChI=1S/C19H23N7/c1-2-6-17-16(5-1)18(24-15-23-17)20-9-4-10-25-11-13-26(14-12-25)19-21-7-3-8-22-19/h1-3,5-8,15H,4,9-14H2,(H,20,23,24). The van der Waals surface area contributed by atoms with Gasteiger partial charge in [-0.1, -0.05) is 12.1 Å². The lowest BCUT2D eigenvalue weighted by molar-refractivity contribution is 0.256. The maximum atomic E-state index is 4.38. The van der Waals surface area contributed by atoms with Gasteiger partial charge >= 0.3 is 0 Å². The molecular formula is C19H23N7. The third kappa shape index (κ3) is 3.88. The van der Waals surface area contributed by atoms with E-state index in [0.717, 1.165) is 68.4 Å². The molecule has 0 saturated carbocycles. The zero-order chi connectivity index (χ0) is 17.6. The smallest absolute Gasteiger partial charge is 0.225 e. The van der Waals surface area contributed by atoms with E-state index in [0.29, 0.717) is 0 Å². The summed E-state index contributed by atoms with van der Waals surface area (Å²) < 4.78 is 0. The Labute approximate surface area is 153 Å². The number of fused-ring (bicyclic) bond motifs is 1. The van der Waals surface area contributed by atoms with Crippen molar-refractivity contribution in [1.82, 2.24) is 24.8 Å². The Morgan fingerprint density at radius 3 is 2.54 bits per heavy atom. The average molecular weight is 349 g/mol. The lowest BCUT2D eigenvalue weighted by atomic mass is 10.2. The molecule has 0 unspecified atom stereocenters. The minimum atomic E-state index is 0.837. The van der Waals surface area contributed by atoms with E-state index in [1.807, 2.05) is 24.3 Å². The Balaban J connectivity index is 1.22. The number of rotatable bonds is 6. The van der Waals surface area contributed by atoms with Crippen LogP contribution >= 0.6 is 0 Å². The van der Waals surface area contributed by atoms with Gasteiger partial charge in [0.25, 0.3) is 0 Å². The normalized spacial score (nSPS) is 15.3. The minimum absolute atomic E-state index is 0.837. The quantitative estimate of drug-likeness (QED) is 0.683. The van der Waals surface area contributed by atoms with E-state index < -0.39 is 0 Å². The fraction of sp³-hybridized carbons (Fsp3) is 0.368. The van der Waals surface area contributed by atoms with Gasteiger partial charge in [0.05, 0.1) is 5.52 Å². The second-order valence-corrected chi connectivity index (χ2v) is 6.40. The van der Waals surface area contributed by atoms with E-state index in [-0.39, 0.29) is 0 Å². The first-order valence-electron chi connectivity index (χ1n) is 9.08. The van der Waals surface area contributed by atoms with Gasteiger partial charge in [0.1, 0.15) is 12.1 Å². The lowest BCUT2D eigenvalue weighted by Gasteiger charge is -2.34. The van der Waals surface area contributed by atoms with Crippen molar-refractivity contribution in [1.29, 1.82) is 0 Å². The first-order chi connectivity index (χ1) is 12.9. The van der Waals surface area contributed by atoms with Gasteiger partial charge in [-0.05, 0) is 31.2 Å². The van der Waals surface area contributed by atoms with Crippen molar-refractivity contribution in [3.8, 4) is 0 Å². The molecule has 3 heterocycles. The number of nitrogens with zero attached hydrogens (tertiary/aromatic N) is 6. The van der Waals surface area contributed by atoms with E-state index in [1.54, 1.807) is 18.7 Å². The van der Waals surface area contributed by atoms with E-state index in [2.05, 4.69) is 41.1 Å².